The fourth-order valence-electron chi connectivity index (χ4n) is 2.61. The lowest BCUT2D eigenvalue weighted by molar-refractivity contribution is 0.314. The van der Waals surface area contributed by atoms with Crippen molar-refractivity contribution in [2.45, 2.75) is 37.6 Å². The average Bonchev–Trinajstić information content (AvgIpc) is 2.98. The van der Waals surface area contributed by atoms with E-state index in [4.69, 9.17) is 5.73 Å². The molecule has 0 aromatic rings. The van der Waals surface area contributed by atoms with Crippen LogP contribution >= 0.6 is 0 Å². The van der Waals surface area contributed by atoms with Gasteiger partial charge in [-0.05, 0) is 45.3 Å². The molecule has 2 aliphatic rings. The van der Waals surface area contributed by atoms with Crippen molar-refractivity contribution in [3.8, 4) is 0 Å². The maximum Gasteiger partial charge on any atom is 0.0444 e. The van der Waals surface area contributed by atoms with E-state index in [1.54, 1.807) is 0 Å². The molecule has 0 amide bonds. The predicted octanol–water partition coefficient (Wildman–Crippen LogP) is 0.799. The van der Waals surface area contributed by atoms with Crippen LogP contribution in [0.2, 0.25) is 0 Å². The highest BCUT2D eigenvalue weighted by Crippen LogP contribution is 2.33. The van der Waals surface area contributed by atoms with Crippen molar-refractivity contribution < 1.29 is 0 Å². The van der Waals surface area contributed by atoms with Gasteiger partial charge in [-0.25, -0.2) is 0 Å². The Hall–Kier alpha value is -0.120. The molecule has 0 bridgehead atoms. The van der Waals surface area contributed by atoms with Gasteiger partial charge in [0.25, 0.3) is 0 Å². The summed E-state index contributed by atoms with van der Waals surface area (Å²) >= 11 is 0. The number of nitrogens with two attached hydrogens (primary N) is 1. The third-order valence-electron chi connectivity index (χ3n) is 3.92. The topological polar surface area (TPSA) is 41.3 Å². The zero-order valence-electron chi connectivity index (χ0n) is 9.97. The quantitative estimate of drug-likeness (QED) is 0.639. The molecule has 1 saturated carbocycles. The van der Waals surface area contributed by atoms with Crippen LogP contribution in [0, 0.1) is 5.92 Å². The van der Waals surface area contributed by atoms with Crippen molar-refractivity contribution in [1.82, 2.24) is 10.2 Å². The van der Waals surface area contributed by atoms with Crippen LogP contribution in [-0.4, -0.2) is 43.7 Å². The van der Waals surface area contributed by atoms with Gasteiger partial charge in [0.15, 0.2) is 0 Å². The largest absolute Gasteiger partial charge is 0.329 e. The molecule has 2 fully saturated rings. The lowest BCUT2D eigenvalue weighted by atomic mass is 9.98. The summed E-state index contributed by atoms with van der Waals surface area (Å²) in [4.78, 5) is 2.38. The first-order valence-electron chi connectivity index (χ1n) is 6.38. The molecule has 0 radical (unpaired) electrons. The molecule has 88 valence electrons. The van der Waals surface area contributed by atoms with Crippen LogP contribution in [0.1, 0.15) is 32.1 Å². The minimum absolute atomic E-state index is 0.221. The summed E-state index contributed by atoms with van der Waals surface area (Å²) < 4.78 is 0. The Labute approximate surface area is 93.4 Å². The third-order valence-corrected chi connectivity index (χ3v) is 3.92. The highest BCUT2D eigenvalue weighted by Gasteiger charge is 2.34. The molecule has 0 spiro atoms. The first kappa shape index (κ1) is 11.4. The van der Waals surface area contributed by atoms with E-state index in [-0.39, 0.29) is 5.54 Å². The number of hydrogen-bond acceptors (Lipinski definition) is 3. The van der Waals surface area contributed by atoms with Crippen LogP contribution < -0.4 is 11.1 Å². The first-order valence-corrected chi connectivity index (χ1v) is 6.38. The van der Waals surface area contributed by atoms with E-state index in [0.717, 1.165) is 25.6 Å². The highest BCUT2D eigenvalue weighted by atomic mass is 15.2. The average molecular weight is 211 g/mol. The minimum Gasteiger partial charge on any atom is -0.329 e. The zero-order chi connectivity index (χ0) is 10.7. The van der Waals surface area contributed by atoms with Crippen LogP contribution in [0.25, 0.3) is 0 Å². The summed E-state index contributed by atoms with van der Waals surface area (Å²) in [6, 6.07) is 0. The summed E-state index contributed by atoms with van der Waals surface area (Å²) in [6.45, 7) is 4.24. The number of nitrogens with one attached hydrogen (secondary N) is 1. The van der Waals surface area contributed by atoms with E-state index in [1.165, 1.54) is 38.6 Å². The van der Waals surface area contributed by atoms with Gasteiger partial charge in [0.2, 0.25) is 0 Å². The standard InChI is InChI=1S/C12H25N3/c1-15-8-6-12(9-13,10-15)14-7-2-3-11-4-5-11/h11,14H,2-10,13H2,1H3. The van der Waals surface area contributed by atoms with Crippen molar-refractivity contribution in [1.29, 1.82) is 0 Å². The molecule has 1 atom stereocenters. The maximum atomic E-state index is 5.90. The van der Waals surface area contributed by atoms with E-state index in [9.17, 15) is 0 Å². The number of hydrogen-bond donors (Lipinski definition) is 2. The molecular formula is C12H25N3. The Bertz CT molecular complexity index is 203. The van der Waals surface area contributed by atoms with Gasteiger partial charge >= 0.3 is 0 Å². The normalized spacial score (nSPS) is 32.4. The highest BCUT2D eigenvalue weighted by molar-refractivity contribution is 4.97. The summed E-state index contributed by atoms with van der Waals surface area (Å²) in [5.74, 6) is 1.06. The Morgan fingerprint density at radius 3 is 2.80 bits per heavy atom. The number of likely N-dealkylation sites (N-methyl/N-ethyl adjacent to an activating group) is 1. The van der Waals surface area contributed by atoms with E-state index in [0.29, 0.717) is 0 Å². The van der Waals surface area contributed by atoms with Gasteiger partial charge in [-0.3, -0.25) is 0 Å². The monoisotopic (exact) mass is 211 g/mol. The number of likely N-dealkylation sites (tertiary alicyclic amines) is 1. The van der Waals surface area contributed by atoms with Gasteiger partial charge in [-0.15, -0.1) is 0 Å². The van der Waals surface area contributed by atoms with E-state index in [2.05, 4.69) is 17.3 Å². The van der Waals surface area contributed by atoms with E-state index in [1.807, 2.05) is 0 Å². The van der Waals surface area contributed by atoms with Gasteiger partial charge in [0.05, 0.1) is 0 Å². The third kappa shape index (κ3) is 3.16. The number of rotatable bonds is 6. The molecule has 1 saturated heterocycles. The first-order chi connectivity index (χ1) is 7.24. The zero-order valence-corrected chi connectivity index (χ0v) is 9.97. The van der Waals surface area contributed by atoms with Crippen molar-refractivity contribution in [2.24, 2.45) is 11.7 Å². The molecule has 2 rings (SSSR count). The van der Waals surface area contributed by atoms with Crippen LogP contribution in [0.4, 0.5) is 0 Å². The fraction of sp³-hybridized carbons (Fsp3) is 1.00. The number of nitrogens with zero attached hydrogens (tertiary/aromatic N) is 1. The molecule has 3 N–H and O–H groups in total. The van der Waals surface area contributed by atoms with Crippen molar-refractivity contribution in [3.05, 3.63) is 0 Å². The summed E-state index contributed by atoms with van der Waals surface area (Å²) in [5, 5.41) is 3.69. The Balaban J connectivity index is 1.65. The molecule has 1 aliphatic carbocycles. The van der Waals surface area contributed by atoms with Crippen molar-refractivity contribution in [3.63, 3.8) is 0 Å². The van der Waals surface area contributed by atoms with Gasteiger partial charge in [0.1, 0.15) is 0 Å². The maximum absolute atomic E-state index is 5.90. The second kappa shape index (κ2) is 4.81. The Morgan fingerprint density at radius 2 is 2.27 bits per heavy atom. The second-order valence-electron chi connectivity index (χ2n) is 5.48. The molecule has 0 aromatic heterocycles. The lowest BCUT2D eigenvalue weighted by Gasteiger charge is -2.29. The van der Waals surface area contributed by atoms with Crippen LogP contribution in [-0.2, 0) is 0 Å². The molecule has 1 unspecified atom stereocenters. The van der Waals surface area contributed by atoms with Gasteiger partial charge in [-0.1, -0.05) is 12.8 Å². The lowest BCUT2D eigenvalue weighted by Crippen LogP contribution is -2.53. The van der Waals surface area contributed by atoms with E-state index < -0.39 is 0 Å². The van der Waals surface area contributed by atoms with Gasteiger partial charge in [0, 0.05) is 18.6 Å². The molecule has 15 heavy (non-hydrogen) atoms. The molecule has 1 heterocycles. The summed E-state index contributed by atoms with van der Waals surface area (Å²) in [5.41, 5.74) is 6.12. The van der Waals surface area contributed by atoms with Gasteiger partial charge < -0.3 is 16.0 Å². The second-order valence-corrected chi connectivity index (χ2v) is 5.48. The van der Waals surface area contributed by atoms with E-state index >= 15 is 0 Å². The predicted molar refractivity (Wildman–Crippen MR) is 63.9 cm³/mol. The SMILES string of the molecule is CN1CCC(CN)(NCCCC2CC2)C1. The summed E-state index contributed by atoms with van der Waals surface area (Å²) in [7, 11) is 2.18. The van der Waals surface area contributed by atoms with Gasteiger partial charge in [-0.2, -0.15) is 0 Å². The molecule has 3 heteroatoms. The smallest absolute Gasteiger partial charge is 0.0444 e. The molecular weight excluding hydrogens is 186 g/mol. The Kier molecular flexibility index (Phi) is 3.65. The molecule has 0 aromatic carbocycles. The van der Waals surface area contributed by atoms with Crippen LogP contribution in [0.3, 0.4) is 0 Å². The van der Waals surface area contributed by atoms with Crippen LogP contribution in [0.15, 0.2) is 0 Å². The van der Waals surface area contributed by atoms with Crippen LogP contribution in [0.5, 0.6) is 0 Å². The minimum atomic E-state index is 0.221. The van der Waals surface area contributed by atoms with Crippen molar-refractivity contribution >= 4 is 0 Å². The Morgan fingerprint density at radius 1 is 1.47 bits per heavy atom. The molecule has 1 aliphatic heterocycles. The molecule has 3 nitrogen and oxygen atoms in total. The summed E-state index contributed by atoms with van der Waals surface area (Å²) in [6.07, 6.45) is 6.92. The van der Waals surface area contributed by atoms with Crippen molar-refractivity contribution in [2.75, 3.05) is 33.2 Å². The fourth-order valence-corrected chi connectivity index (χ4v) is 2.61.